The molecule has 0 unspecified atom stereocenters. The summed E-state index contributed by atoms with van der Waals surface area (Å²) >= 11 is 0. The lowest BCUT2D eigenvalue weighted by Gasteiger charge is -2.25. The van der Waals surface area contributed by atoms with Crippen LogP contribution in [0.4, 0.5) is 5.69 Å². The van der Waals surface area contributed by atoms with E-state index in [2.05, 4.69) is 10.6 Å². The summed E-state index contributed by atoms with van der Waals surface area (Å²) in [7, 11) is -3.24. The van der Waals surface area contributed by atoms with Gasteiger partial charge in [-0.3, -0.25) is 14.5 Å². The Kier molecular flexibility index (Phi) is 4.59. The number of carbonyl (C=O) groups excluding carboxylic acids is 2. The first kappa shape index (κ1) is 15.5. The molecule has 21 heavy (non-hydrogen) atoms. The highest BCUT2D eigenvalue weighted by Gasteiger charge is 2.18. The van der Waals surface area contributed by atoms with E-state index in [9.17, 15) is 18.0 Å². The summed E-state index contributed by atoms with van der Waals surface area (Å²) < 4.78 is 22.7. The van der Waals surface area contributed by atoms with Gasteiger partial charge in [-0.25, -0.2) is 8.42 Å². The van der Waals surface area contributed by atoms with E-state index in [0.717, 1.165) is 6.26 Å². The number of piperazine rings is 1. The van der Waals surface area contributed by atoms with Crippen LogP contribution in [0, 0.1) is 0 Å². The zero-order valence-electron chi connectivity index (χ0n) is 11.6. The van der Waals surface area contributed by atoms with Crippen molar-refractivity contribution in [3.8, 4) is 0 Å². The van der Waals surface area contributed by atoms with Crippen molar-refractivity contribution in [3.63, 3.8) is 0 Å². The molecule has 8 heteroatoms. The summed E-state index contributed by atoms with van der Waals surface area (Å²) in [6.45, 7) is 1.50. The molecule has 0 saturated carbocycles. The monoisotopic (exact) mass is 311 g/mol. The van der Waals surface area contributed by atoms with Gasteiger partial charge >= 0.3 is 0 Å². The Morgan fingerprint density at radius 3 is 2.57 bits per heavy atom. The number of amides is 2. The number of carbonyl (C=O) groups is 2. The SMILES string of the molecule is CS(=O)(=O)c1ccc(NC(=O)CN2CCNC(=O)C2)cc1. The van der Waals surface area contributed by atoms with Gasteiger partial charge in [0.2, 0.25) is 11.8 Å². The molecule has 1 aromatic carbocycles. The molecule has 2 rings (SSSR count). The minimum absolute atomic E-state index is 0.0912. The normalized spacial score (nSPS) is 16.3. The van der Waals surface area contributed by atoms with Gasteiger partial charge in [-0.1, -0.05) is 0 Å². The van der Waals surface area contributed by atoms with E-state index in [4.69, 9.17) is 0 Å². The van der Waals surface area contributed by atoms with Gasteiger partial charge < -0.3 is 10.6 Å². The summed E-state index contributed by atoms with van der Waals surface area (Å²) in [5.74, 6) is -0.330. The van der Waals surface area contributed by atoms with Gasteiger partial charge in [0.15, 0.2) is 9.84 Å². The molecule has 7 nitrogen and oxygen atoms in total. The lowest BCUT2D eigenvalue weighted by molar-refractivity contribution is -0.125. The molecular formula is C13H17N3O4S. The third-order valence-corrected chi connectivity index (χ3v) is 4.18. The molecule has 0 bridgehead atoms. The molecule has 0 atom stereocenters. The molecule has 0 aromatic heterocycles. The standard InChI is InChI=1S/C13H17N3O4S/c1-21(19,20)11-4-2-10(3-5-11)15-13(18)9-16-7-6-14-12(17)8-16/h2-5H,6-9H2,1H3,(H,14,17)(H,15,18). The Morgan fingerprint density at radius 1 is 1.33 bits per heavy atom. The average molecular weight is 311 g/mol. The van der Waals surface area contributed by atoms with E-state index in [1.165, 1.54) is 24.3 Å². The summed E-state index contributed by atoms with van der Waals surface area (Å²) in [6, 6.07) is 5.97. The lowest BCUT2D eigenvalue weighted by Crippen LogP contribution is -2.49. The molecule has 0 spiro atoms. The molecule has 114 valence electrons. The predicted octanol–water partition coefficient (Wildman–Crippen LogP) is -0.540. The van der Waals surface area contributed by atoms with Crippen LogP contribution in [0.1, 0.15) is 0 Å². The minimum atomic E-state index is -3.24. The highest BCUT2D eigenvalue weighted by Crippen LogP contribution is 2.13. The molecule has 0 radical (unpaired) electrons. The highest BCUT2D eigenvalue weighted by molar-refractivity contribution is 7.90. The van der Waals surface area contributed by atoms with E-state index in [-0.39, 0.29) is 29.8 Å². The van der Waals surface area contributed by atoms with Gasteiger partial charge in [0.05, 0.1) is 18.0 Å². The van der Waals surface area contributed by atoms with E-state index in [1.807, 2.05) is 0 Å². The van der Waals surface area contributed by atoms with Gasteiger partial charge in [-0.15, -0.1) is 0 Å². The number of sulfone groups is 1. The molecule has 1 heterocycles. The van der Waals surface area contributed by atoms with Crippen LogP contribution in [0.2, 0.25) is 0 Å². The van der Waals surface area contributed by atoms with Crippen molar-refractivity contribution in [2.45, 2.75) is 4.90 Å². The Morgan fingerprint density at radius 2 is 2.00 bits per heavy atom. The fraction of sp³-hybridized carbons (Fsp3) is 0.385. The number of hydrogen-bond donors (Lipinski definition) is 2. The topological polar surface area (TPSA) is 95.6 Å². The Hall–Kier alpha value is -1.93. The summed E-state index contributed by atoms with van der Waals surface area (Å²) in [6.07, 6.45) is 1.13. The van der Waals surface area contributed by atoms with Gasteiger partial charge in [0.25, 0.3) is 0 Å². The first-order valence-corrected chi connectivity index (χ1v) is 8.33. The van der Waals surface area contributed by atoms with Gasteiger partial charge in [-0.2, -0.15) is 0 Å². The molecule has 2 amide bonds. The van der Waals surface area contributed by atoms with Crippen LogP contribution in [-0.2, 0) is 19.4 Å². The molecule has 1 saturated heterocycles. The van der Waals surface area contributed by atoms with Crippen molar-refractivity contribution >= 4 is 27.3 Å². The van der Waals surface area contributed by atoms with E-state index in [0.29, 0.717) is 18.8 Å². The van der Waals surface area contributed by atoms with Crippen molar-refractivity contribution in [1.82, 2.24) is 10.2 Å². The quantitative estimate of drug-likeness (QED) is 0.779. The summed E-state index contributed by atoms with van der Waals surface area (Å²) in [5.41, 5.74) is 0.522. The average Bonchev–Trinajstić information content (AvgIpc) is 2.38. The van der Waals surface area contributed by atoms with E-state index in [1.54, 1.807) is 4.90 Å². The lowest BCUT2D eigenvalue weighted by atomic mass is 10.3. The third kappa shape index (κ3) is 4.54. The smallest absolute Gasteiger partial charge is 0.238 e. The fourth-order valence-electron chi connectivity index (χ4n) is 2.02. The van der Waals surface area contributed by atoms with Gasteiger partial charge in [0.1, 0.15) is 0 Å². The van der Waals surface area contributed by atoms with E-state index < -0.39 is 9.84 Å². The van der Waals surface area contributed by atoms with Crippen molar-refractivity contribution < 1.29 is 18.0 Å². The number of benzene rings is 1. The van der Waals surface area contributed by atoms with Gasteiger partial charge in [0, 0.05) is 25.0 Å². The first-order chi connectivity index (χ1) is 9.84. The van der Waals surface area contributed by atoms with Crippen LogP contribution in [0.3, 0.4) is 0 Å². The van der Waals surface area contributed by atoms with Crippen molar-refractivity contribution in [1.29, 1.82) is 0 Å². The molecule has 1 aromatic rings. The second-order valence-electron chi connectivity index (χ2n) is 4.91. The highest BCUT2D eigenvalue weighted by atomic mass is 32.2. The molecule has 1 fully saturated rings. The molecular weight excluding hydrogens is 294 g/mol. The van der Waals surface area contributed by atoms with E-state index >= 15 is 0 Å². The number of nitrogens with zero attached hydrogens (tertiary/aromatic N) is 1. The van der Waals surface area contributed by atoms with Crippen LogP contribution >= 0.6 is 0 Å². The number of hydrogen-bond acceptors (Lipinski definition) is 5. The summed E-state index contributed by atoms with van der Waals surface area (Å²) in [4.78, 5) is 25.0. The van der Waals surface area contributed by atoms with Crippen LogP contribution in [0.15, 0.2) is 29.2 Å². The number of nitrogens with one attached hydrogen (secondary N) is 2. The number of rotatable bonds is 4. The first-order valence-electron chi connectivity index (χ1n) is 6.43. The Bertz CT molecular complexity index is 640. The fourth-order valence-corrected chi connectivity index (χ4v) is 2.65. The maximum absolute atomic E-state index is 11.9. The third-order valence-electron chi connectivity index (χ3n) is 3.05. The van der Waals surface area contributed by atoms with Crippen molar-refractivity contribution in [3.05, 3.63) is 24.3 Å². The zero-order valence-corrected chi connectivity index (χ0v) is 12.4. The molecule has 0 aliphatic carbocycles. The second-order valence-corrected chi connectivity index (χ2v) is 6.92. The van der Waals surface area contributed by atoms with Crippen molar-refractivity contribution in [2.75, 3.05) is 37.8 Å². The van der Waals surface area contributed by atoms with Crippen LogP contribution in [-0.4, -0.2) is 57.6 Å². The summed E-state index contributed by atoms with van der Waals surface area (Å²) in [5, 5.41) is 5.36. The predicted molar refractivity (Wildman–Crippen MR) is 77.6 cm³/mol. The largest absolute Gasteiger partial charge is 0.354 e. The maximum atomic E-state index is 11.9. The van der Waals surface area contributed by atoms with Crippen LogP contribution < -0.4 is 10.6 Å². The Balaban J connectivity index is 1.92. The number of anilines is 1. The minimum Gasteiger partial charge on any atom is -0.354 e. The van der Waals surface area contributed by atoms with Gasteiger partial charge in [-0.05, 0) is 24.3 Å². The molecule has 2 N–H and O–H groups in total. The molecule has 1 aliphatic rings. The zero-order chi connectivity index (χ0) is 15.5. The Labute approximate surface area is 123 Å². The van der Waals surface area contributed by atoms with Crippen molar-refractivity contribution in [2.24, 2.45) is 0 Å². The maximum Gasteiger partial charge on any atom is 0.238 e. The van der Waals surface area contributed by atoms with Crippen LogP contribution in [0.25, 0.3) is 0 Å². The second kappa shape index (κ2) is 6.23. The molecule has 1 aliphatic heterocycles. The van der Waals surface area contributed by atoms with Crippen LogP contribution in [0.5, 0.6) is 0 Å².